The highest BCUT2D eigenvalue weighted by atomic mass is 79.9. The number of aromatic nitrogens is 4. The third-order valence-corrected chi connectivity index (χ3v) is 5.11. The quantitative estimate of drug-likeness (QED) is 0.668. The Kier molecular flexibility index (Phi) is 5.00. The van der Waals surface area contributed by atoms with Crippen LogP contribution >= 0.6 is 15.9 Å². The molecule has 1 aliphatic heterocycles. The molecule has 0 aliphatic carbocycles. The van der Waals surface area contributed by atoms with Crippen LogP contribution in [0.15, 0.2) is 53.3 Å². The summed E-state index contributed by atoms with van der Waals surface area (Å²) in [5, 5.41) is 10.5. The Bertz CT molecular complexity index is 944. The van der Waals surface area contributed by atoms with Crippen molar-refractivity contribution in [3.05, 3.63) is 64.7 Å². The van der Waals surface area contributed by atoms with Crippen LogP contribution in [0.5, 0.6) is 0 Å². The number of rotatable bonds is 4. The summed E-state index contributed by atoms with van der Waals surface area (Å²) in [6, 6.07) is 11.6. The number of H-pyrrole nitrogens is 1. The van der Waals surface area contributed by atoms with E-state index in [9.17, 15) is 4.79 Å². The lowest BCUT2D eigenvalue weighted by Gasteiger charge is -2.18. The van der Waals surface area contributed by atoms with E-state index in [1.807, 2.05) is 37.4 Å². The number of carbonyl (C=O) groups excluding carboxylic acids is 1. The van der Waals surface area contributed by atoms with Gasteiger partial charge in [-0.2, -0.15) is 5.10 Å². The molecule has 2 N–H and O–H groups in total. The van der Waals surface area contributed by atoms with Crippen molar-refractivity contribution in [3.8, 4) is 11.4 Å². The van der Waals surface area contributed by atoms with Crippen molar-refractivity contribution < 1.29 is 4.79 Å². The number of nitrogens with one attached hydrogen (secondary N) is 2. The minimum atomic E-state index is -0.142. The van der Waals surface area contributed by atoms with Gasteiger partial charge in [0.15, 0.2) is 5.82 Å². The normalized spacial score (nSPS) is 19.9. The number of aromatic amines is 1. The first-order valence-electron chi connectivity index (χ1n) is 8.68. The largest absolute Gasteiger partial charge is 0.347 e. The van der Waals surface area contributed by atoms with Gasteiger partial charge in [0.25, 0.3) is 5.91 Å². The first-order chi connectivity index (χ1) is 13.1. The maximum atomic E-state index is 12.6. The van der Waals surface area contributed by atoms with Gasteiger partial charge in [0.05, 0.1) is 17.5 Å². The lowest BCUT2D eigenvalue weighted by atomic mass is 10.0. The highest BCUT2D eigenvalue weighted by Crippen LogP contribution is 2.26. The standard InChI is InChI=1S/C19H19BrN6O/c1-26-10-15(18-23-17(24-25-18)12-5-3-2-4-6-12)16(11-26)22-19(27)13-7-14(20)9-21-8-13/h2-9,15-16H,10-11H2,1H3,(H,22,27)(H,23,24,25)/t15-,16-/m1/s1. The summed E-state index contributed by atoms with van der Waals surface area (Å²) in [5.74, 6) is 1.36. The summed E-state index contributed by atoms with van der Waals surface area (Å²) in [5.41, 5.74) is 1.49. The Balaban J connectivity index is 1.53. The number of carbonyl (C=O) groups is 1. The van der Waals surface area contributed by atoms with Crippen LogP contribution in [0, 0.1) is 0 Å². The number of hydrogen-bond donors (Lipinski definition) is 2. The number of nitrogens with zero attached hydrogens (tertiary/aromatic N) is 4. The van der Waals surface area contributed by atoms with Crippen LogP contribution in [0.2, 0.25) is 0 Å². The molecular weight excluding hydrogens is 408 g/mol. The van der Waals surface area contributed by atoms with Crippen molar-refractivity contribution in [1.29, 1.82) is 0 Å². The first kappa shape index (κ1) is 17.8. The number of likely N-dealkylation sites (N-methyl/N-ethyl adjacent to an activating group) is 1. The maximum Gasteiger partial charge on any atom is 0.253 e. The number of amides is 1. The van der Waals surface area contributed by atoms with Crippen LogP contribution in [0.25, 0.3) is 11.4 Å². The van der Waals surface area contributed by atoms with Crippen molar-refractivity contribution in [2.75, 3.05) is 20.1 Å². The predicted octanol–water partition coefficient (Wildman–Crippen LogP) is 2.46. The second-order valence-corrected chi connectivity index (χ2v) is 7.63. The molecule has 1 aromatic carbocycles. The number of likely N-dealkylation sites (tertiary alicyclic amines) is 1. The average molecular weight is 427 g/mol. The van der Waals surface area contributed by atoms with Crippen molar-refractivity contribution in [3.63, 3.8) is 0 Å². The van der Waals surface area contributed by atoms with E-state index in [0.29, 0.717) is 11.4 Å². The second kappa shape index (κ2) is 7.58. The highest BCUT2D eigenvalue weighted by molar-refractivity contribution is 9.10. The molecule has 2 aromatic heterocycles. The topological polar surface area (TPSA) is 86.8 Å². The van der Waals surface area contributed by atoms with Crippen LogP contribution < -0.4 is 5.32 Å². The molecule has 0 spiro atoms. The lowest BCUT2D eigenvalue weighted by Crippen LogP contribution is -2.40. The van der Waals surface area contributed by atoms with Crippen LogP contribution in [0.1, 0.15) is 22.1 Å². The van der Waals surface area contributed by atoms with E-state index in [4.69, 9.17) is 0 Å². The molecule has 3 aromatic rings. The fourth-order valence-electron chi connectivity index (χ4n) is 3.37. The molecule has 4 rings (SSSR count). The van der Waals surface area contributed by atoms with Crippen LogP contribution in [0.4, 0.5) is 0 Å². The molecular formula is C19H19BrN6O. The molecule has 1 amide bonds. The molecule has 1 saturated heterocycles. The summed E-state index contributed by atoms with van der Waals surface area (Å²) in [7, 11) is 2.04. The van der Waals surface area contributed by atoms with Crippen molar-refractivity contribution >= 4 is 21.8 Å². The van der Waals surface area contributed by atoms with Gasteiger partial charge in [0.2, 0.25) is 0 Å². The summed E-state index contributed by atoms with van der Waals surface area (Å²) < 4.78 is 0.776. The molecule has 0 unspecified atom stereocenters. The Morgan fingerprint density at radius 2 is 2.07 bits per heavy atom. The third-order valence-electron chi connectivity index (χ3n) is 4.67. The summed E-state index contributed by atoms with van der Waals surface area (Å²) in [6.07, 6.45) is 3.22. The van der Waals surface area contributed by atoms with Crippen molar-refractivity contribution in [2.45, 2.75) is 12.0 Å². The zero-order valence-corrected chi connectivity index (χ0v) is 16.3. The molecule has 0 saturated carbocycles. The maximum absolute atomic E-state index is 12.6. The Morgan fingerprint density at radius 1 is 1.26 bits per heavy atom. The van der Waals surface area contributed by atoms with Crippen LogP contribution in [0.3, 0.4) is 0 Å². The molecule has 138 valence electrons. The highest BCUT2D eigenvalue weighted by Gasteiger charge is 2.35. The van der Waals surface area contributed by atoms with Gasteiger partial charge in [-0.1, -0.05) is 30.3 Å². The number of halogens is 1. The van der Waals surface area contributed by atoms with Crippen molar-refractivity contribution in [1.82, 2.24) is 30.4 Å². The number of pyridine rings is 1. The van der Waals surface area contributed by atoms with E-state index in [1.165, 1.54) is 0 Å². The number of benzene rings is 1. The smallest absolute Gasteiger partial charge is 0.253 e. The SMILES string of the molecule is CN1C[C@@H](NC(=O)c2cncc(Br)c2)[C@H](c2nc(-c3ccccc3)n[nH]2)C1. The lowest BCUT2D eigenvalue weighted by molar-refractivity contribution is 0.0935. The Labute approximate surface area is 165 Å². The number of hydrogen-bond acceptors (Lipinski definition) is 5. The van der Waals surface area contributed by atoms with E-state index in [-0.39, 0.29) is 17.9 Å². The fraction of sp³-hybridized carbons (Fsp3) is 0.263. The van der Waals surface area contributed by atoms with Gasteiger partial charge >= 0.3 is 0 Å². The minimum Gasteiger partial charge on any atom is -0.347 e. The van der Waals surface area contributed by atoms with Gasteiger partial charge in [-0.15, -0.1) is 0 Å². The Morgan fingerprint density at radius 3 is 2.85 bits per heavy atom. The Hall–Kier alpha value is -2.58. The first-order valence-corrected chi connectivity index (χ1v) is 9.47. The summed E-state index contributed by atoms with van der Waals surface area (Å²) in [6.45, 7) is 1.55. The summed E-state index contributed by atoms with van der Waals surface area (Å²) in [4.78, 5) is 23.5. The van der Waals surface area contributed by atoms with Gasteiger partial charge in [0.1, 0.15) is 5.82 Å². The monoisotopic (exact) mass is 426 g/mol. The zero-order valence-electron chi connectivity index (χ0n) is 14.8. The van der Waals surface area contributed by atoms with Gasteiger partial charge in [-0.05, 0) is 29.0 Å². The van der Waals surface area contributed by atoms with Crippen LogP contribution in [-0.2, 0) is 0 Å². The molecule has 3 heterocycles. The fourth-order valence-corrected chi connectivity index (χ4v) is 3.73. The minimum absolute atomic E-state index is 0.0454. The van der Waals surface area contributed by atoms with Gasteiger partial charge in [-0.25, -0.2) is 4.98 Å². The van der Waals surface area contributed by atoms with E-state index in [0.717, 1.165) is 29.0 Å². The van der Waals surface area contributed by atoms with E-state index >= 15 is 0 Å². The second-order valence-electron chi connectivity index (χ2n) is 6.71. The molecule has 8 heteroatoms. The molecule has 1 fully saturated rings. The molecule has 27 heavy (non-hydrogen) atoms. The molecule has 7 nitrogen and oxygen atoms in total. The van der Waals surface area contributed by atoms with Crippen molar-refractivity contribution in [2.24, 2.45) is 0 Å². The van der Waals surface area contributed by atoms with Gasteiger partial charge in [0, 0.05) is 35.5 Å². The van der Waals surface area contributed by atoms with Crippen LogP contribution in [-0.4, -0.2) is 57.2 Å². The van der Waals surface area contributed by atoms with E-state index in [1.54, 1.807) is 18.5 Å². The zero-order chi connectivity index (χ0) is 18.8. The third kappa shape index (κ3) is 3.91. The summed E-state index contributed by atoms with van der Waals surface area (Å²) >= 11 is 3.35. The van der Waals surface area contributed by atoms with Gasteiger partial charge in [-0.3, -0.25) is 14.9 Å². The molecule has 2 atom stereocenters. The molecule has 1 aliphatic rings. The molecule has 0 radical (unpaired) electrons. The molecule has 0 bridgehead atoms. The average Bonchev–Trinajstić information content (AvgIpc) is 3.29. The van der Waals surface area contributed by atoms with Gasteiger partial charge < -0.3 is 10.2 Å². The van der Waals surface area contributed by atoms with E-state index in [2.05, 4.69) is 46.3 Å². The van der Waals surface area contributed by atoms with E-state index < -0.39 is 0 Å². The predicted molar refractivity (Wildman–Crippen MR) is 105 cm³/mol.